The van der Waals surface area contributed by atoms with Crippen LogP contribution in [-0.2, 0) is 23.9 Å². The third-order valence-electron chi connectivity index (χ3n) is 6.30. The minimum atomic E-state index is -1.08. The first-order chi connectivity index (χ1) is 14.4. The van der Waals surface area contributed by atoms with Crippen molar-refractivity contribution in [1.82, 2.24) is 4.90 Å². The zero-order valence-corrected chi connectivity index (χ0v) is 17.4. The monoisotopic (exact) mass is 436 g/mol. The Balaban J connectivity index is 1.69. The maximum Gasteiger partial charge on any atom is 0.312 e. The molecule has 162 valence electrons. The number of hydrogen-bond acceptors (Lipinski definition) is 6. The van der Waals surface area contributed by atoms with Crippen LogP contribution >= 0.6 is 11.6 Å². The standard InChI is InChI=1S/C21H25ClN2O6/c1-2-29-20(28)15-14-8-9-21(30-14)16(15)19(27)24(10-5-11-25)17(21)18(26)23-13-7-4-3-6-12(13)22/h3-4,6-7,14-17,25H,2,5,8-11H2,1H3,(H,23,26)/t14-,15+,16-,17?,21?/m0/s1. The third-order valence-corrected chi connectivity index (χ3v) is 6.63. The lowest BCUT2D eigenvalue weighted by molar-refractivity contribution is -0.154. The van der Waals surface area contributed by atoms with E-state index in [-0.39, 0.29) is 25.7 Å². The van der Waals surface area contributed by atoms with Gasteiger partial charge in [-0.2, -0.15) is 0 Å². The number of likely N-dealkylation sites (tertiary alicyclic amines) is 1. The summed E-state index contributed by atoms with van der Waals surface area (Å²) in [5, 5.41) is 12.5. The van der Waals surface area contributed by atoms with E-state index in [2.05, 4.69) is 5.32 Å². The minimum absolute atomic E-state index is 0.120. The van der Waals surface area contributed by atoms with E-state index in [9.17, 15) is 19.5 Å². The summed E-state index contributed by atoms with van der Waals surface area (Å²) < 4.78 is 11.4. The summed E-state index contributed by atoms with van der Waals surface area (Å²) in [6.07, 6.45) is 0.961. The van der Waals surface area contributed by atoms with Gasteiger partial charge in [0, 0.05) is 13.2 Å². The van der Waals surface area contributed by atoms with Gasteiger partial charge in [-0.3, -0.25) is 14.4 Å². The van der Waals surface area contributed by atoms with Gasteiger partial charge in [0.05, 0.1) is 35.3 Å². The average Bonchev–Trinajstić information content (AvgIpc) is 3.35. The molecule has 9 heteroatoms. The lowest BCUT2D eigenvalue weighted by atomic mass is 9.71. The number of fused-ring (bicyclic) bond motifs is 1. The quantitative estimate of drug-likeness (QED) is 0.629. The van der Waals surface area contributed by atoms with Gasteiger partial charge in [-0.15, -0.1) is 0 Å². The van der Waals surface area contributed by atoms with E-state index in [1.807, 2.05) is 0 Å². The van der Waals surface area contributed by atoms with E-state index >= 15 is 0 Å². The first-order valence-electron chi connectivity index (χ1n) is 10.3. The Hall–Kier alpha value is -2.16. The second kappa shape index (κ2) is 8.17. The Morgan fingerprint density at radius 1 is 1.40 bits per heavy atom. The largest absolute Gasteiger partial charge is 0.466 e. The number of carbonyl (C=O) groups excluding carboxylic acids is 3. The van der Waals surface area contributed by atoms with Crippen molar-refractivity contribution in [1.29, 1.82) is 0 Å². The highest BCUT2D eigenvalue weighted by atomic mass is 35.5. The zero-order chi connectivity index (χ0) is 21.5. The highest BCUT2D eigenvalue weighted by Crippen LogP contribution is 2.58. The van der Waals surface area contributed by atoms with E-state index in [1.54, 1.807) is 31.2 Å². The molecule has 0 radical (unpaired) electrons. The molecule has 3 aliphatic rings. The normalized spacial score (nSPS) is 31.7. The number of halogens is 1. The molecule has 1 spiro atoms. The number of anilines is 1. The van der Waals surface area contributed by atoms with Crippen molar-refractivity contribution in [2.24, 2.45) is 11.8 Å². The van der Waals surface area contributed by atoms with Crippen LogP contribution in [0.15, 0.2) is 24.3 Å². The van der Waals surface area contributed by atoms with Crippen LogP contribution in [0.3, 0.4) is 0 Å². The first-order valence-corrected chi connectivity index (χ1v) is 10.6. The van der Waals surface area contributed by atoms with Gasteiger partial charge >= 0.3 is 5.97 Å². The van der Waals surface area contributed by atoms with Gasteiger partial charge in [0.2, 0.25) is 11.8 Å². The molecular formula is C21H25ClN2O6. The Morgan fingerprint density at radius 2 is 2.17 bits per heavy atom. The van der Waals surface area contributed by atoms with Crippen LogP contribution in [0.4, 0.5) is 5.69 Å². The second-order valence-corrected chi connectivity index (χ2v) is 8.29. The van der Waals surface area contributed by atoms with Crippen LogP contribution < -0.4 is 5.32 Å². The minimum Gasteiger partial charge on any atom is -0.466 e. The molecule has 1 aromatic rings. The van der Waals surface area contributed by atoms with Crippen molar-refractivity contribution in [3.8, 4) is 0 Å². The maximum atomic E-state index is 13.4. The van der Waals surface area contributed by atoms with Crippen molar-refractivity contribution in [2.45, 2.75) is 43.9 Å². The molecule has 2 N–H and O–H groups in total. The number of amides is 2. The number of aliphatic hydroxyl groups excluding tert-OH is 1. The van der Waals surface area contributed by atoms with Gasteiger partial charge in [-0.1, -0.05) is 23.7 Å². The number of carbonyl (C=O) groups is 3. The van der Waals surface area contributed by atoms with Gasteiger partial charge < -0.3 is 24.8 Å². The molecular weight excluding hydrogens is 412 g/mol. The molecule has 4 rings (SSSR count). The molecule has 0 aliphatic carbocycles. The predicted octanol–water partition coefficient (Wildman–Crippen LogP) is 1.60. The molecule has 3 heterocycles. The molecule has 2 amide bonds. The summed E-state index contributed by atoms with van der Waals surface area (Å²) in [5.41, 5.74) is -0.645. The molecule has 1 aromatic carbocycles. The van der Waals surface area contributed by atoms with Crippen LogP contribution in [0.25, 0.3) is 0 Å². The van der Waals surface area contributed by atoms with Crippen molar-refractivity contribution in [3.63, 3.8) is 0 Å². The van der Waals surface area contributed by atoms with E-state index in [0.717, 1.165) is 0 Å². The van der Waals surface area contributed by atoms with E-state index in [1.165, 1.54) is 4.90 Å². The van der Waals surface area contributed by atoms with E-state index in [0.29, 0.717) is 30.0 Å². The summed E-state index contributed by atoms with van der Waals surface area (Å²) in [4.78, 5) is 40.8. The molecule has 0 aromatic heterocycles. The number of esters is 1. The van der Waals surface area contributed by atoms with Crippen molar-refractivity contribution < 1.29 is 29.0 Å². The van der Waals surface area contributed by atoms with Crippen LogP contribution in [-0.4, -0.2) is 65.3 Å². The molecule has 30 heavy (non-hydrogen) atoms. The van der Waals surface area contributed by atoms with Gasteiger partial charge in [0.1, 0.15) is 11.6 Å². The van der Waals surface area contributed by atoms with Gasteiger partial charge in [0.25, 0.3) is 0 Å². The van der Waals surface area contributed by atoms with Crippen LogP contribution in [0.5, 0.6) is 0 Å². The summed E-state index contributed by atoms with van der Waals surface area (Å²) in [5.74, 6) is -2.67. The van der Waals surface area contributed by atoms with Gasteiger partial charge in [-0.05, 0) is 38.3 Å². The topological polar surface area (TPSA) is 105 Å². The highest BCUT2D eigenvalue weighted by molar-refractivity contribution is 6.33. The van der Waals surface area contributed by atoms with Crippen LogP contribution in [0.1, 0.15) is 26.2 Å². The number of benzene rings is 1. The summed E-state index contributed by atoms with van der Waals surface area (Å²) in [7, 11) is 0. The number of aliphatic hydroxyl groups is 1. The lowest BCUT2D eigenvalue weighted by Crippen LogP contribution is -2.53. The van der Waals surface area contributed by atoms with Crippen LogP contribution in [0, 0.1) is 11.8 Å². The molecule has 2 unspecified atom stereocenters. The van der Waals surface area contributed by atoms with Crippen molar-refractivity contribution in [3.05, 3.63) is 29.3 Å². The van der Waals surface area contributed by atoms with E-state index in [4.69, 9.17) is 21.1 Å². The van der Waals surface area contributed by atoms with Crippen LogP contribution in [0.2, 0.25) is 5.02 Å². The number of nitrogens with zero attached hydrogens (tertiary/aromatic N) is 1. The average molecular weight is 437 g/mol. The van der Waals surface area contributed by atoms with Gasteiger partial charge in [-0.25, -0.2) is 0 Å². The maximum absolute atomic E-state index is 13.4. The number of nitrogens with one attached hydrogen (secondary N) is 1. The Kier molecular flexibility index (Phi) is 5.74. The predicted molar refractivity (Wildman–Crippen MR) is 108 cm³/mol. The molecule has 3 aliphatic heterocycles. The molecule has 3 fully saturated rings. The molecule has 8 nitrogen and oxygen atoms in total. The Labute approximate surface area is 179 Å². The SMILES string of the molecule is CCOC(=O)[C@@H]1[C@@H]2CCC3(O2)C(C(=O)Nc2ccccc2Cl)N(CCCO)C(=O)[C@H]13. The first kappa shape index (κ1) is 21.1. The van der Waals surface area contributed by atoms with Crippen molar-refractivity contribution in [2.75, 3.05) is 25.1 Å². The fourth-order valence-electron chi connectivity index (χ4n) is 5.21. The number of rotatable bonds is 7. The molecule has 5 atom stereocenters. The summed E-state index contributed by atoms with van der Waals surface area (Å²) >= 11 is 6.19. The van der Waals surface area contributed by atoms with Crippen molar-refractivity contribution >= 4 is 35.1 Å². The smallest absolute Gasteiger partial charge is 0.312 e. The summed E-state index contributed by atoms with van der Waals surface area (Å²) in [6, 6.07) is 5.93. The molecule has 0 saturated carbocycles. The number of hydrogen-bond donors (Lipinski definition) is 2. The van der Waals surface area contributed by atoms with Gasteiger partial charge in [0.15, 0.2) is 0 Å². The molecule has 3 saturated heterocycles. The second-order valence-electron chi connectivity index (χ2n) is 7.89. The summed E-state index contributed by atoms with van der Waals surface area (Å²) in [6.45, 7) is 2.00. The lowest BCUT2D eigenvalue weighted by Gasteiger charge is -2.33. The Morgan fingerprint density at radius 3 is 2.87 bits per heavy atom. The number of ether oxygens (including phenoxy) is 2. The zero-order valence-electron chi connectivity index (χ0n) is 16.7. The fourth-order valence-corrected chi connectivity index (χ4v) is 5.39. The molecule has 2 bridgehead atoms. The van der Waals surface area contributed by atoms with E-state index < -0.39 is 41.5 Å². The number of para-hydroxylation sites is 1. The highest BCUT2D eigenvalue weighted by Gasteiger charge is 2.74. The fraction of sp³-hybridized carbons (Fsp3) is 0.571. The third kappa shape index (κ3) is 3.18. The Bertz CT molecular complexity index is 864.